The van der Waals surface area contributed by atoms with Gasteiger partial charge in [0.2, 0.25) is 0 Å². The summed E-state index contributed by atoms with van der Waals surface area (Å²) in [4.78, 5) is 8.31. The van der Waals surface area contributed by atoms with Crippen molar-refractivity contribution < 1.29 is 0 Å². The number of anilines is 1. The number of benzene rings is 1. The van der Waals surface area contributed by atoms with Crippen LogP contribution in [-0.4, -0.2) is 9.97 Å². The molecule has 0 bridgehead atoms. The van der Waals surface area contributed by atoms with E-state index >= 15 is 0 Å². The van der Waals surface area contributed by atoms with E-state index in [1.165, 1.54) is 32.1 Å². The van der Waals surface area contributed by atoms with Crippen LogP contribution in [0.5, 0.6) is 0 Å². The minimum absolute atomic E-state index is 0.200. The van der Waals surface area contributed by atoms with E-state index in [2.05, 4.69) is 18.8 Å². The second-order valence-electron chi connectivity index (χ2n) is 6.56. The first-order valence-corrected chi connectivity index (χ1v) is 7.83. The highest BCUT2D eigenvalue weighted by atomic mass is 35.5. The van der Waals surface area contributed by atoms with E-state index in [4.69, 9.17) is 22.3 Å². The summed E-state index contributed by atoms with van der Waals surface area (Å²) in [7, 11) is 0. The van der Waals surface area contributed by atoms with Crippen molar-refractivity contribution in [2.45, 2.75) is 51.4 Å². The predicted molar refractivity (Wildman–Crippen MR) is 85.1 cm³/mol. The van der Waals surface area contributed by atoms with Crippen LogP contribution in [0.1, 0.15) is 51.8 Å². The Balaban J connectivity index is 2.10. The van der Waals surface area contributed by atoms with Crippen molar-refractivity contribution in [2.24, 2.45) is 5.92 Å². The average molecular weight is 292 g/mol. The Bertz CT molecular complexity index is 624. The van der Waals surface area contributed by atoms with Gasteiger partial charge in [-0.1, -0.05) is 38.3 Å². The number of aromatic nitrogens is 2. The molecule has 3 N–H and O–H groups in total. The van der Waals surface area contributed by atoms with E-state index in [9.17, 15) is 0 Å². The third kappa shape index (κ3) is 2.28. The Hall–Kier alpha value is -1.22. The van der Waals surface area contributed by atoms with Gasteiger partial charge >= 0.3 is 0 Å². The smallest absolute Gasteiger partial charge is 0.113 e. The van der Waals surface area contributed by atoms with Crippen LogP contribution in [0.2, 0.25) is 5.02 Å². The monoisotopic (exact) mass is 291 g/mol. The van der Waals surface area contributed by atoms with Gasteiger partial charge in [0.25, 0.3) is 0 Å². The van der Waals surface area contributed by atoms with Crippen molar-refractivity contribution in [3.05, 3.63) is 23.0 Å². The van der Waals surface area contributed by atoms with Crippen LogP contribution in [0.4, 0.5) is 5.69 Å². The number of halogens is 1. The molecule has 1 heterocycles. The molecule has 0 saturated heterocycles. The minimum Gasteiger partial charge on any atom is -0.397 e. The van der Waals surface area contributed by atoms with Gasteiger partial charge in [-0.25, -0.2) is 4.98 Å². The van der Waals surface area contributed by atoms with Crippen molar-refractivity contribution in [3.8, 4) is 0 Å². The van der Waals surface area contributed by atoms with E-state index in [0.717, 1.165) is 16.9 Å². The molecular formula is C16H22ClN3. The molecule has 3 nitrogen and oxygen atoms in total. The number of nitrogens with zero attached hydrogens (tertiary/aromatic N) is 1. The highest BCUT2D eigenvalue weighted by Crippen LogP contribution is 2.45. The van der Waals surface area contributed by atoms with E-state index in [0.29, 0.717) is 16.6 Å². The zero-order valence-corrected chi connectivity index (χ0v) is 12.9. The standard InChI is InChI=1S/C16H22ClN3/c1-10(2)9-16(5-3-4-6-16)15-19-13-8-11(17)7-12(18)14(13)20-15/h7-8,10H,3-6,9,18H2,1-2H3,(H,19,20). The van der Waals surface area contributed by atoms with Crippen molar-refractivity contribution in [1.29, 1.82) is 0 Å². The minimum atomic E-state index is 0.200. The van der Waals surface area contributed by atoms with Crippen LogP contribution >= 0.6 is 11.6 Å². The molecular weight excluding hydrogens is 270 g/mol. The Morgan fingerprint density at radius 1 is 1.35 bits per heavy atom. The Morgan fingerprint density at radius 2 is 2.05 bits per heavy atom. The molecule has 0 amide bonds. The van der Waals surface area contributed by atoms with Crippen molar-refractivity contribution in [2.75, 3.05) is 5.73 Å². The molecule has 1 fully saturated rings. The second kappa shape index (κ2) is 4.96. The third-order valence-corrected chi connectivity index (χ3v) is 4.66. The molecule has 1 saturated carbocycles. The maximum Gasteiger partial charge on any atom is 0.113 e. The number of nitrogen functional groups attached to an aromatic ring is 1. The Labute approximate surface area is 124 Å². The number of H-pyrrole nitrogens is 1. The number of imidazole rings is 1. The van der Waals surface area contributed by atoms with Crippen molar-refractivity contribution in [3.63, 3.8) is 0 Å². The lowest BCUT2D eigenvalue weighted by Crippen LogP contribution is -2.25. The molecule has 0 aliphatic heterocycles. The Kier molecular flexibility index (Phi) is 3.41. The number of hydrogen-bond acceptors (Lipinski definition) is 2. The van der Waals surface area contributed by atoms with Crippen LogP contribution in [0, 0.1) is 5.92 Å². The van der Waals surface area contributed by atoms with Crippen molar-refractivity contribution >= 4 is 28.3 Å². The average Bonchev–Trinajstić information content (AvgIpc) is 2.95. The van der Waals surface area contributed by atoms with Crippen LogP contribution in [0.25, 0.3) is 11.0 Å². The zero-order valence-electron chi connectivity index (χ0n) is 12.2. The number of aromatic amines is 1. The quantitative estimate of drug-likeness (QED) is 0.808. The molecule has 20 heavy (non-hydrogen) atoms. The fraction of sp³-hybridized carbons (Fsp3) is 0.562. The van der Waals surface area contributed by atoms with Crippen molar-refractivity contribution in [1.82, 2.24) is 9.97 Å². The number of fused-ring (bicyclic) bond motifs is 1. The summed E-state index contributed by atoms with van der Waals surface area (Å²) >= 11 is 6.08. The second-order valence-corrected chi connectivity index (χ2v) is 7.00. The van der Waals surface area contributed by atoms with E-state index in [1.807, 2.05) is 6.07 Å². The van der Waals surface area contributed by atoms with E-state index in [-0.39, 0.29) is 5.41 Å². The molecule has 1 aliphatic rings. The summed E-state index contributed by atoms with van der Waals surface area (Å²) in [5, 5.41) is 0.662. The van der Waals surface area contributed by atoms with Gasteiger partial charge < -0.3 is 10.7 Å². The molecule has 4 heteroatoms. The summed E-state index contributed by atoms with van der Waals surface area (Å²) in [5.74, 6) is 1.77. The first kappa shape index (κ1) is 13.7. The number of nitrogens with two attached hydrogens (primary N) is 1. The van der Waals surface area contributed by atoms with E-state index < -0.39 is 0 Å². The molecule has 1 aromatic heterocycles. The van der Waals surface area contributed by atoms with Gasteiger partial charge in [-0.2, -0.15) is 0 Å². The summed E-state index contributed by atoms with van der Waals surface area (Å²) in [6.07, 6.45) is 6.21. The lowest BCUT2D eigenvalue weighted by atomic mass is 9.78. The summed E-state index contributed by atoms with van der Waals surface area (Å²) in [6.45, 7) is 4.57. The number of hydrogen-bond donors (Lipinski definition) is 2. The maximum absolute atomic E-state index is 6.08. The fourth-order valence-electron chi connectivity index (χ4n) is 3.73. The summed E-state index contributed by atoms with van der Waals surface area (Å²) in [6, 6.07) is 3.69. The summed E-state index contributed by atoms with van der Waals surface area (Å²) in [5.41, 5.74) is 8.73. The molecule has 1 aromatic carbocycles. The molecule has 3 rings (SSSR count). The first-order valence-electron chi connectivity index (χ1n) is 7.45. The van der Waals surface area contributed by atoms with Crippen LogP contribution < -0.4 is 5.73 Å². The highest BCUT2D eigenvalue weighted by Gasteiger charge is 2.38. The fourth-order valence-corrected chi connectivity index (χ4v) is 3.96. The van der Waals surface area contributed by atoms with Crippen LogP contribution in [0.15, 0.2) is 12.1 Å². The number of rotatable bonds is 3. The topological polar surface area (TPSA) is 54.7 Å². The lowest BCUT2D eigenvalue weighted by Gasteiger charge is -2.28. The highest BCUT2D eigenvalue weighted by molar-refractivity contribution is 6.31. The lowest BCUT2D eigenvalue weighted by molar-refractivity contribution is 0.332. The van der Waals surface area contributed by atoms with Gasteiger partial charge in [0, 0.05) is 10.4 Å². The zero-order chi connectivity index (χ0) is 14.3. The molecule has 108 valence electrons. The number of nitrogens with one attached hydrogen (secondary N) is 1. The van der Waals surface area contributed by atoms with Gasteiger partial charge in [-0.05, 0) is 37.3 Å². The van der Waals surface area contributed by atoms with E-state index in [1.54, 1.807) is 6.07 Å². The normalized spacial score (nSPS) is 18.2. The first-order chi connectivity index (χ1) is 9.50. The van der Waals surface area contributed by atoms with Gasteiger partial charge in [-0.15, -0.1) is 0 Å². The summed E-state index contributed by atoms with van der Waals surface area (Å²) < 4.78 is 0. The third-order valence-electron chi connectivity index (χ3n) is 4.44. The molecule has 0 radical (unpaired) electrons. The molecule has 0 spiro atoms. The molecule has 0 atom stereocenters. The maximum atomic E-state index is 6.08. The van der Waals surface area contributed by atoms with Gasteiger partial charge in [0.05, 0.1) is 11.2 Å². The predicted octanol–water partition coefficient (Wildman–Crippen LogP) is 4.66. The van der Waals surface area contributed by atoms with Crippen LogP contribution in [-0.2, 0) is 5.41 Å². The van der Waals surface area contributed by atoms with Gasteiger partial charge in [0.1, 0.15) is 11.3 Å². The molecule has 2 aromatic rings. The SMILES string of the molecule is CC(C)CC1(c2nc3c(N)cc(Cl)cc3[nH]2)CCCC1. The molecule has 0 unspecified atom stereocenters. The molecule has 1 aliphatic carbocycles. The van der Waals surface area contributed by atoms with Gasteiger partial charge in [-0.3, -0.25) is 0 Å². The van der Waals surface area contributed by atoms with Gasteiger partial charge in [0.15, 0.2) is 0 Å². The Morgan fingerprint density at radius 3 is 2.70 bits per heavy atom. The largest absolute Gasteiger partial charge is 0.397 e. The van der Waals surface area contributed by atoms with Crippen LogP contribution in [0.3, 0.4) is 0 Å².